The van der Waals surface area contributed by atoms with E-state index >= 15 is 0 Å². The van der Waals surface area contributed by atoms with Gasteiger partial charge in [-0.1, -0.05) is 73.0 Å². The molecule has 2 aromatic carbocycles. The molecule has 1 unspecified atom stereocenters. The average molecular weight is 471 g/mol. The number of halogens is 1. The van der Waals surface area contributed by atoms with Crippen molar-refractivity contribution in [2.75, 3.05) is 13.1 Å². The number of carbonyl (C=O) groups is 2. The van der Waals surface area contributed by atoms with E-state index in [2.05, 4.69) is 47.2 Å². The van der Waals surface area contributed by atoms with Crippen LogP contribution in [0.15, 0.2) is 59.1 Å². The minimum absolute atomic E-state index is 0.0381. The molecule has 1 N–H and O–H groups in total. The van der Waals surface area contributed by atoms with Gasteiger partial charge in [0.05, 0.1) is 6.04 Å². The second-order valence-corrected chi connectivity index (χ2v) is 8.96. The van der Waals surface area contributed by atoms with Crippen molar-refractivity contribution >= 4 is 27.7 Å². The molecule has 0 saturated carbocycles. The summed E-state index contributed by atoms with van der Waals surface area (Å²) in [5, 5.41) is 3.34. The van der Waals surface area contributed by atoms with Crippen molar-refractivity contribution in [3.8, 4) is 0 Å². The van der Waals surface area contributed by atoms with Gasteiger partial charge in [0.1, 0.15) is 0 Å². The summed E-state index contributed by atoms with van der Waals surface area (Å²) in [7, 11) is 0. The molecule has 2 aromatic rings. The maximum Gasteiger partial charge on any atom is 0.253 e. The van der Waals surface area contributed by atoms with Crippen molar-refractivity contribution in [1.82, 2.24) is 10.2 Å². The van der Waals surface area contributed by atoms with Crippen LogP contribution in [0.2, 0.25) is 0 Å². The summed E-state index contributed by atoms with van der Waals surface area (Å²) in [5.41, 5.74) is 1.86. The van der Waals surface area contributed by atoms with Crippen molar-refractivity contribution in [3.63, 3.8) is 0 Å². The highest BCUT2D eigenvalue weighted by Crippen LogP contribution is 2.29. The number of nitrogens with zero attached hydrogens (tertiary/aromatic N) is 1. The number of amides is 2. The Morgan fingerprint density at radius 3 is 2.17 bits per heavy atom. The lowest BCUT2D eigenvalue weighted by molar-refractivity contribution is -0.127. The first kappa shape index (κ1) is 22.5. The van der Waals surface area contributed by atoms with Gasteiger partial charge >= 0.3 is 0 Å². The van der Waals surface area contributed by atoms with Crippen molar-refractivity contribution in [2.45, 2.75) is 45.6 Å². The Labute approximate surface area is 188 Å². The zero-order chi connectivity index (χ0) is 21.5. The zero-order valence-electron chi connectivity index (χ0n) is 17.8. The van der Waals surface area contributed by atoms with Gasteiger partial charge in [0, 0.05) is 29.0 Å². The lowest BCUT2D eigenvalue weighted by Crippen LogP contribution is -2.44. The minimum Gasteiger partial charge on any atom is -0.349 e. The summed E-state index contributed by atoms with van der Waals surface area (Å²) < 4.78 is 0.958. The number of nitrogens with one attached hydrogen (secondary N) is 1. The number of hydrogen-bond acceptors (Lipinski definition) is 2. The topological polar surface area (TPSA) is 49.4 Å². The molecule has 30 heavy (non-hydrogen) atoms. The van der Waals surface area contributed by atoms with E-state index in [1.807, 2.05) is 47.4 Å². The highest BCUT2D eigenvalue weighted by atomic mass is 79.9. The van der Waals surface area contributed by atoms with Gasteiger partial charge < -0.3 is 10.2 Å². The fourth-order valence-corrected chi connectivity index (χ4v) is 4.55. The van der Waals surface area contributed by atoms with Crippen molar-refractivity contribution in [3.05, 3.63) is 70.2 Å². The highest BCUT2D eigenvalue weighted by molar-refractivity contribution is 9.10. The van der Waals surface area contributed by atoms with Gasteiger partial charge in [-0.2, -0.15) is 0 Å². The molecule has 4 nitrogen and oxygen atoms in total. The number of likely N-dealkylation sites (tertiary alicyclic amines) is 1. The van der Waals surface area contributed by atoms with Crippen LogP contribution in [-0.2, 0) is 4.79 Å². The molecule has 1 heterocycles. The van der Waals surface area contributed by atoms with Crippen molar-refractivity contribution < 1.29 is 9.59 Å². The molecular weight excluding hydrogens is 440 g/mol. The number of piperidine rings is 1. The average Bonchev–Trinajstić information content (AvgIpc) is 2.80. The molecule has 1 aliphatic rings. The molecule has 3 rings (SSSR count). The summed E-state index contributed by atoms with van der Waals surface area (Å²) in [4.78, 5) is 27.7. The first-order valence-electron chi connectivity index (χ1n) is 10.9. The molecular formula is C25H31BrN2O2. The van der Waals surface area contributed by atoms with Gasteiger partial charge in [0.2, 0.25) is 5.91 Å². The van der Waals surface area contributed by atoms with Gasteiger partial charge in [0.15, 0.2) is 0 Å². The van der Waals surface area contributed by atoms with E-state index in [-0.39, 0.29) is 23.8 Å². The molecule has 0 spiro atoms. The van der Waals surface area contributed by atoms with Crippen LogP contribution in [-0.4, -0.2) is 29.8 Å². The second-order valence-electron chi connectivity index (χ2n) is 8.05. The molecule has 0 bridgehead atoms. The number of rotatable bonds is 7. The lowest BCUT2D eigenvalue weighted by Gasteiger charge is -2.33. The summed E-state index contributed by atoms with van der Waals surface area (Å²) in [6, 6.07) is 17.8. The van der Waals surface area contributed by atoms with Gasteiger partial charge in [-0.15, -0.1) is 0 Å². The van der Waals surface area contributed by atoms with E-state index in [1.54, 1.807) is 0 Å². The quantitative estimate of drug-likeness (QED) is 0.572. The number of benzene rings is 2. The summed E-state index contributed by atoms with van der Waals surface area (Å²) in [6.45, 7) is 5.60. The minimum atomic E-state index is -0.0421. The van der Waals surface area contributed by atoms with E-state index in [1.165, 1.54) is 5.56 Å². The van der Waals surface area contributed by atoms with E-state index in [0.29, 0.717) is 37.4 Å². The van der Waals surface area contributed by atoms with Crippen LogP contribution in [0, 0.1) is 11.8 Å². The van der Waals surface area contributed by atoms with Crippen LogP contribution in [0.25, 0.3) is 0 Å². The fraction of sp³-hybridized carbons (Fsp3) is 0.440. The van der Waals surface area contributed by atoms with Crippen LogP contribution < -0.4 is 5.32 Å². The van der Waals surface area contributed by atoms with E-state index < -0.39 is 0 Å². The Morgan fingerprint density at radius 1 is 1.00 bits per heavy atom. The van der Waals surface area contributed by atoms with E-state index in [4.69, 9.17) is 0 Å². The second kappa shape index (κ2) is 10.8. The maximum atomic E-state index is 13.1. The first-order valence-corrected chi connectivity index (χ1v) is 11.7. The third-order valence-corrected chi connectivity index (χ3v) is 6.75. The van der Waals surface area contributed by atoms with Crippen molar-refractivity contribution in [1.29, 1.82) is 0 Å². The fourth-order valence-electron chi connectivity index (χ4n) is 4.28. The van der Waals surface area contributed by atoms with Gasteiger partial charge in [0.25, 0.3) is 5.91 Å². The lowest BCUT2D eigenvalue weighted by atomic mass is 9.87. The van der Waals surface area contributed by atoms with Crippen LogP contribution in [0.5, 0.6) is 0 Å². The van der Waals surface area contributed by atoms with E-state index in [9.17, 15) is 9.59 Å². The SMILES string of the molecule is CCC(CC)C(NC(=O)C1CCN(C(=O)c2ccc(Br)cc2)CC1)c1ccccc1. The zero-order valence-corrected chi connectivity index (χ0v) is 19.4. The Bertz CT molecular complexity index is 826. The molecule has 160 valence electrons. The van der Waals surface area contributed by atoms with Gasteiger partial charge in [-0.3, -0.25) is 9.59 Å². The predicted octanol–water partition coefficient (Wildman–Crippen LogP) is 5.60. The van der Waals surface area contributed by atoms with Crippen LogP contribution in [0.1, 0.15) is 61.5 Å². The van der Waals surface area contributed by atoms with Crippen LogP contribution >= 0.6 is 15.9 Å². The molecule has 1 fully saturated rings. The molecule has 0 radical (unpaired) electrons. The monoisotopic (exact) mass is 470 g/mol. The van der Waals surface area contributed by atoms with E-state index in [0.717, 1.165) is 17.3 Å². The molecule has 2 amide bonds. The molecule has 0 aliphatic carbocycles. The third-order valence-electron chi connectivity index (χ3n) is 6.22. The Morgan fingerprint density at radius 2 is 1.60 bits per heavy atom. The smallest absolute Gasteiger partial charge is 0.253 e. The normalized spacial score (nSPS) is 15.8. The van der Waals surface area contributed by atoms with Crippen molar-refractivity contribution in [2.24, 2.45) is 11.8 Å². The molecule has 1 saturated heterocycles. The Balaban J connectivity index is 1.61. The standard InChI is InChI=1S/C25H31BrN2O2/c1-3-18(4-2)23(19-8-6-5-7-9-19)27-24(29)20-14-16-28(17-15-20)25(30)21-10-12-22(26)13-11-21/h5-13,18,20,23H,3-4,14-17H2,1-2H3,(H,27,29). The first-order chi connectivity index (χ1) is 14.5. The predicted molar refractivity (Wildman–Crippen MR) is 124 cm³/mol. The van der Waals surface area contributed by atoms with Crippen LogP contribution in [0.3, 0.4) is 0 Å². The summed E-state index contributed by atoms with van der Waals surface area (Å²) >= 11 is 3.40. The maximum absolute atomic E-state index is 13.1. The van der Waals surface area contributed by atoms with Crippen LogP contribution in [0.4, 0.5) is 0 Å². The highest BCUT2D eigenvalue weighted by Gasteiger charge is 2.30. The number of carbonyl (C=O) groups excluding carboxylic acids is 2. The van der Waals surface area contributed by atoms with Gasteiger partial charge in [-0.25, -0.2) is 0 Å². The molecule has 1 aliphatic heterocycles. The molecule has 1 atom stereocenters. The largest absolute Gasteiger partial charge is 0.349 e. The molecule has 0 aromatic heterocycles. The third kappa shape index (κ3) is 5.51. The number of hydrogen-bond donors (Lipinski definition) is 1. The summed E-state index contributed by atoms with van der Waals surface area (Å²) in [5.74, 6) is 0.530. The Hall–Kier alpha value is -2.14. The van der Waals surface area contributed by atoms with Gasteiger partial charge in [-0.05, 0) is 48.6 Å². The molecule has 5 heteroatoms. The Kier molecular flexibility index (Phi) is 8.08. The summed E-state index contributed by atoms with van der Waals surface area (Å²) in [6.07, 6.45) is 3.46.